The van der Waals surface area contributed by atoms with Crippen LogP contribution in [0.5, 0.6) is 5.75 Å². The van der Waals surface area contributed by atoms with Gasteiger partial charge in [-0.3, -0.25) is 0 Å². The first-order chi connectivity index (χ1) is 8.89. The molecule has 5 heteroatoms. The summed E-state index contributed by atoms with van der Waals surface area (Å²) in [4.78, 5) is 0. The van der Waals surface area contributed by atoms with Crippen molar-refractivity contribution in [1.82, 2.24) is 5.32 Å². The Balaban J connectivity index is 2.71. The summed E-state index contributed by atoms with van der Waals surface area (Å²) in [6.45, 7) is 5.57. The minimum absolute atomic E-state index is 0.0400. The Labute approximate surface area is 116 Å². The van der Waals surface area contributed by atoms with Crippen LogP contribution in [0.2, 0.25) is 0 Å². The van der Waals surface area contributed by atoms with Gasteiger partial charge in [0.2, 0.25) is 0 Å². The number of rotatable bonds is 7. The molecule has 1 aromatic carbocycles. The number of methoxy groups -OCH3 is 1. The van der Waals surface area contributed by atoms with Crippen molar-refractivity contribution >= 4 is 9.84 Å². The third-order valence-electron chi connectivity index (χ3n) is 3.08. The van der Waals surface area contributed by atoms with Gasteiger partial charge in [-0.25, -0.2) is 8.42 Å². The fraction of sp³-hybridized carbons (Fsp3) is 0.571. The van der Waals surface area contributed by atoms with Crippen molar-refractivity contribution in [3.63, 3.8) is 0 Å². The van der Waals surface area contributed by atoms with Crippen molar-refractivity contribution < 1.29 is 13.2 Å². The highest BCUT2D eigenvalue weighted by atomic mass is 32.2. The highest BCUT2D eigenvalue weighted by Crippen LogP contribution is 2.24. The zero-order chi connectivity index (χ0) is 14.5. The van der Waals surface area contributed by atoms with Gasteiger partial charge in [0.25, 0.3) is 0 Å². The SMILES string of the molecule is CCS(=O)(=O)CC(C)NC(C)c1ccccc1OC. The fourth-order valence-electron chi connectivity index (χ4n) is 2.09. The maximum absolute atomic E-state index is 11.6. The minimum Gasteiger partial charge on any atom is -0.496 e. The number of nitrogens with one attached hydrogen (secondary N) is 1. The lowest BCUT2D eigenvalue weighted by molar-refractivity contribution is 0.398. The first kappa shape index (κ1) is 16.0. The molecule has 1 aromatic rings. The predicted molar refractivity (Wildman–Crippen MR) is 78.3 cm³/mol. The Bertz CT molecular complexity index is 499. The summed E-state index contributed by atoms with van der Waals surface area (Å²) in [6, 6.07) is 7.70. The molecule has 2 atom stereocenters. The molecule has 0 saturated heterocycles. The molecule has 0 spiro atoms. The molecule has 0 aliphatic carbocycles. The molecular formula is C14H23NO3S. The summed E-state index contributed by atoms with van der Waals surface area (Å²) in [6.07, 6.45) is 0. The highest BCUT2D eigenvalue weighted by Gasteiger charge is 2.17. The summed E-state index contributed by atoms with van der Waals surface area (Å²) >= 11 is 0. The first-order valence-electron chi connectivity index (χ1n) is 6.49. The Morgan fingerprint density at radius 2 is 1.89 bits per heavy atom. The van der Waals surface area contributed by atoms with E-state index in [-0.39, 0.29) is 23.6 Å². The number of sulfone groups is 1. The van der Waals surface area contributed by atoms with Crippen LogP contribution < -0.4 is 10.1 Å². The van der Waals surface area contributed by atoms with Crippen LogP contribution in [-0.2, 0) is 9.84 Å². The number of para-hydroxylation sites is 1. The lowest BCUT2D eigenvalue weighted by Gasteiger charge is -2.21. The molecule has 0 fully saturated rings. The molecule has 0 heterocycles. The molecule has 108 valence electrons. The van der Waals surface area contributed by atoms with Gasteiger partial charge in [0.1, 0.15) is 5.75 Å². The van der Waals surface area contributed by atoms with Crippen molar-refractivity contribution in [2.24, 2.45) is 0 Å². The lowest BCUT2D eigenvalue weighted by atomic mass is 10.1. The van der Waals surface area contributed by atoms with Crippen LogP contribution in [0.15, 0.2) is 24.3 Å². The molecular weight excluding hydrogens is 262 g/mol. The molecule has 4 nitrogen and oxygen atoms in total. The zero-order valence-electron chi connectivity index (χ0n) is 12.0. The Morgan fingerprint density at radius 1 is 1.26 bits per heavy atom. The second kappa shape index (κ2) is 6.91. The van der Waals surface area contributed by atoms with E-state index in [0.29, 0.717) is 0 Å². The molecule has 0 aliphatic heterocycles. The Morgan fingerprint density at radius 3 is 2.47 bits per heavy atom. The molecule has 0 radical (unpaired) electrons. The van der Waals surface area contributed by atoms with E-state index in [2.05, 4.69) is 5.32 Å². The number of ether oxygens (including phenoxy) is 1. The van der Waals surface area contributed by atoms with Gasteiger partial charge in [-0.1, -0.05) is 25.1 Å². The molecule has 1 N–H and O–H groups in total. The van der Waals surface area contributed by atoms with Gasteiger partial charge in [-0.15, -0.1) is 0 Å². The number of hydrogen-bond donors (Lipinski definition) is 1. The number of hydrogen-bond acceptors (Lipinski definition) is 4. The summed E-state index contributed by atoms with van der Waals surface area (Å²) < 4.78 is 28.5. The Hall–Kier alpha value is -1.07. The van der Waals surface area contributed by atoms with Gasteiger partial charge < -0.3 is 10.1 Å². The molecule has 0 bridgehead atoms. The van der Waals surface area contributed by atoms with Crippen molar-refractivity contribution in [3.8, 4) is 5.75 Å². The quantitative estimate of drug-likeness (QED) is 0.834. The average molecular weight is 285 g/mol. The van der Waals surface area contributed by atoms with Crippen molar-refractivity contribution in [2.75, 3.05) is 18.6 Å². The normalized spacial score (nSPS) is 14.9. The standard InChI is InChI=1S/C14H23NO3S/c1-5-19(16,17)10-11(2)15-12(3)13-8-6-7-9-14(13)18-4/h6-9,11-12,15H,5,10H2,1-4H3. The summed E-state index contributed by atoms with van der Waals surface area (Å²) in [5, 5.41) is 3.30. The van der Waals surface area contributed by atoms with E-state index in [1.165, 1.54) is 0 Å². The van der Waals surface area contributed by atoms with E-state index in [9.17, 15) is 8.42 Å². The molecule has 1 rings (SSSR count). The lowest BCUT2D eigenvalue weighted by Crippen LogP contribution is -2.35. The van der Waals surface area contributed by atoms with Crippen LogP contribution in [0.3, 0.4) is 0 Å². The van der Waals surface area contributed by atoms with Crippen LogP contribution in [0, 0.1) is 0 Å². The molecule has 0 amide bonds. The van der Waals surface area contributed by atoms with Crippen molar-refractivity contribution in [3.05, 3.63) is 29.8 Å². The minimum atomic E-state index is -2.96. The summed E-state index contributed by atoms with van der Waals surface area (Å²) in [5.41, 5.74) is 1.03. The van der Waals surface area contributed by atoms with Crippen molar-refractivity contribution in [2.45, 2.75) is 32.9 Å². The largest absolute Gasteiger partial charge is 0.496 e. The topological polar surface area (TPSA) is 55.4 Å². The van der Waals surface area contributed by atoms with Gasteiger partial charge in [0.05, 0.1) is 12.9 Å². The molecule has 0 aliphatic rings. The van der Waals surface area contributed by atoms with E-state index in [4.69, 9.17) is 4.74 Å². The average Bonchev–Trinajstić information content (AvgIpc) is 2.37. The van der Waals surface area contributed by atoms with E-state index in [1.54, 1.807) is 14.0 Å². The van der Waals surface area contributed by atoms with E-state index >= 15 is 0 Å². The molecule has 0 aromatic heterocycles. The molecule has 2 unspecified atom stereocenters. The van der Waals surface area contributed by atoms with E-state index in [1.807, 2.05) is 38.1 Å². The Kier molecular flexibility index (Phi) is 5.82. The predicted octanol–water partition coefficient (Wildman–Crippen LogP) is 2.17. The third-order valence-corrected chi connectivity index (χ3v) is 4.97. The molecule has 19 heavy (non-hydrogen) atoms. The van der Waals surface area contributed by atoms with Gasteiger partial charge in [0.15, 0.2) is 9.84 Å². The molecule has 0 saturated carbocycles. The first-order valence-corrected chi connectivity index (χ1v) is 8.31. The van der Waals surface area contributed by atoms with Gasteiger partial charge in [-0.05, 0) is 19.9 Å². The van der Waals surface area contributed by atoms with Crippen LogP contribution >= 0.6 is 0 Å². The second-order valence-electron chi connectivity index (χ2n) is 4.73. The van der Waals surface area contributed by atoms with Crippen LogP contribution in [-0.4, -0.2) is 33.1 Å². The van der Waals surface area contributed by atoms with E-state index in [0.717, 1.165) is 11.3 Å². The van der Waals surface area contributed by atoms with Crippen LogP contribution in [0.1, 0.15) is 32.4 Å². The monoisotopic (exact) mass is 285 g/mol. The van der Waals surface area contributed by atoms with Gasteiger partial charge in [-0.2, -0.15) is 0 Å². The smallest absolute Gasteiger partial charge is 0.151 e. The summed E-state index contributed by atoms with van der Waals surface area (Å²) in [7, 11) is -1.32. The third kappa shape index (κ3) is 4.84. The van der Waals surface area contributed by atoms with Gasteiger partial charge >= 0.3 is 0 Å². The van der Waals surface area contributed by atoms with Gasteiger partial charge in [0, 0.05) is 23.4 Å². The maximum atomic E-state index is 11.6. The van der Waals surface area contributed by atoms with Crippen LogP contribution in [0.4, 0.5) is 0 Å². The highest BCUT2D eigenvalue weighted by molar-refractivity contribution is 7.91. The fourth-order valence-corrected chi connectivity index (χ4v) is 3.18. The van der Waals surface area contributed by atoms with E-state index < -0.39 is 9.84 Å². The van der Waals surface area contributed by atoms with Crippen molar-refractivity contribution in [1.29, 1.82) is 0 Å². The maximum Gasteiger partial charge on any atom is 0.151 e. The van der Waals surface area contributed by atoms with Crippen LogP contribution in [0.25, 0.3) is 0 Å². The zero-order valence-corrected chi connectivity index (χ0v) is 12.8. The summed E-state index contributed by atoms with van der Waals surface area (Å²) in [5.74, 6) is 1.15. The second-order valence-corrected chi connectivity index (χ2v) is 7.13. The number of benzene rings is 1.